The zero-order valence-corrected chi connectivity index (χ0v) is 10.3. The van der Waals surface area contributed by atoms with Crippen LogP contribution < -0.4 is 0 Å². The molecule has 1 fully saturated rings. The molecule has 78 valence electrons. The third-order valence-corrected chi connectivity index (χ3v) is 4.49. The van der Waals surface area contributed by atoms with E-state index >= 15 is 0 Å². The van der Waals surface area contributed by atoms with Crippen LogP contribution in [-0.4, -0.2) is 18.0 Å². The average Bonchev–Trinajstić information content (AvgIpc) is 2.43. The van der Waals surface area contributed by atoms with Gasteiger partial charge in [0.25, 0.3) is 0 Å². The summed E-state index contributed by atoms with van der Waals surface area (Å²) < 4.78 is 5.34. The summed E-state index contributed by atoms with van der Waals surface area (Å²) in [5.41, 5.74) is 0. The van der Waals surface area contributed by atoms with Gasteiger partial charge in [-0.3, -0.25) is 0 Å². The van der Waals surface area contributed by atoms with Gasteiger partial charge in [0.05, 0.1) is 0 Å². The van der Waals surface area contributed by atoms with Crippen molar-refractivity contribution in [2.75, 3.05) is 13.2 Å². The van der Waals surface area contributed by atoms with E-state index in [1.54, 1.807) is 0 Å². The summed E-state index contributed by atoms with van der Waals surface area (Å²) in [6, 6.07) is 0. The molecule has 0 radical (unpaired) electrons. The maximum atomic E-state index is 5.34. The molecule has 1 aliphatic rings. The van der Waals surface area contributed by atoms with E-state index in [1.807, 2.05) is 0 Å². The average molecular weight is 249 g/mol. The Bertz CT molecular complexity index is 138. The lowest BCUT2D eigenvalue weighted by atomic mass is 9.93. The molecule has 0 aromatic carbocycles. The maximum Gasteiger partial charge on any atom is 0.0465 e. The topological polar surface area (TPSA) is 9.23 Å². The zero-order chi connectivity index (χ0) is 9.68. The highest BCUT2D eigenvalue weighted by Gasteiger charge is 2.30. The fraction of sp³-hybridized carbons (Fsp3) is 1.00. The maximum absolute atomic E-state index is 5.34. The fourth-order valence-electron chi connectivity index (χ4n) is 2.19. The van der Waals surface area contributed by atoms with Crippen LogP contribution in [0.5, 0.6) is 0 Å². The van der Waals surface area contributed by atoms with Crippen LogP contribution in [0.15, 0.2) is 0 Å². The van der Waals surface area contributed by atoms with E-state index in [2.05, 4.69) is 29.8 Å². The Morgan fingerprint density at radius 2 is 2.15 bits per heavy atom. The first-order valence-electron chi connectivity index (χ1n) is 5.47. The summed E-state index contributed by atoms with van der Waals surface area (Å²) in [4.78, 5) is 0.768. The van der Waals surface area contributed by atoms with Gasteiger partial charge in [0, 0.05) is 18.0 Å². The van der Waals surface area contributed by atoms with Gasteiger partial charge in [0.15, 0.2) is 0 Å². The molecule has 3 atom stereocenters. The molecule has 1 aliphatic carbocycles. The van der Waals surface area contributed by atoms with Gasteiger partial charge < -0.3 is 4.74 Å². The van der Waals surface area contributed by atoms with Crippen molar-refractivity contribution in [3.63, 3.8) is 0 Å². The van der Waals surface area contributed by atoms with Gasteiger partial charge in [-0.05, 0) is 44.4 Å². The van der Waals surface area contributed by atoms with Crippen LogP contribution in [0.25, 0.3) is 0 Å². The summed E-state index contributed by atoms with van der Waals surface area (Å²) in [5.74, 6) is 1.80. The molecule has 1 nitrogen and oxygen atoms in total. The van der Waals surface area contributed by atoms with Gasteiger partial charge in [-0.1, -0.05) is 22.9 Å². The van der Waals surface area contributed by atoms with Crippen molar-refractivity contribution in [1.29, 1.82) is 0 Å². The molecule has 0 aromatic rings. The highest BCUT2D eigenvalue weighted by atomic mass is 79.9. The number of ether oxygens (including phenoxy) is 1. The summed E-state index contributed by atoms with van der Waals surface area (Å²) in [7, 11) is 0. The molecule has 13 heavy (non-hydrogen) atoms. The second kappa shape index (κ2) is 6.02. The molecule has 0 heterocycles. The van der Waals surface area contributed by atoms with Gasteiger partial charge >= 0.3 is 0 Å². The van der Waals surface area contributed by atoms with Crippen LogP contribution in [0.3, 0.4) is 0 Å². The van der Waals surface area contributed by atoms with Crippen molar-refractivity contribution < 1.29 is 4.74 Å². The Morgan fingerprint density at radius 1 is 1.38 bits per heavy atom. The standard InChI is InChI=1S/C11H21BrO/c1-3-13-8-4-5-10-6-7-11(12)9(10)2/h9-11H,3-8H2,1-2H3. The highest BCUT2D eigenvalue weighted by Crippen LogP contribution is 2.38. The Hall–Kier alpha value is 0.440. The van der Waals surface area contributed by atoms with E-state index in [-0.39, 0.29) is 0 Å². The van der Waals surface area contributed by atoms with Gasteiger partial charge in [-0.2, -0.15) is 0 Å². The second-order valence-electron chi connectivity index (χ2n) is 4.05. The molecule has 1 rings (SSSR count). The molecule has 0 saturated heterocycles. The minimum atomic E-state index is 0.768. The first kappa shape index (κ1) is 11.5. The highest BCUT2D eigenvalue weighted by molar-refractivity contribution is 9.09. The van der Waals surface area contributed by atoms with Crippen molar-refractivity contribution >= 4 is 15.9 Å². The first-order chi connectivity index (χ1) is 6.25. The van der Waals surface area contributed by atoms with Crippen molar-refractivity contribution in [3.8, 4) is 0 Å². The van der Waals surface area contributed by atoms with E-state index in [0.29, 0.717) is 0 Å². The monoisotopic (exact) mass is 248 g/mol. The number of halogens is 1. The van der Waals surface area contributed by atoms with E-state index in [4.69, 9.17) is 4.74 Å². The van der Waals surface area contributed by atoms with Crippen molar-refractivity contribution in [2.24, 2.45) is 11.8 Å². The molecule has 2 heteroatoms. The van der Waals surface area contributed by atoms with Crippen LogP contribution >= 0.6 is 15.9 Å². The van der Waals surface area contributed by atoms with E-state index in [0.717, 1.165) is 29.9 Å². The molecule has 0 N–H and O–H groups in total. The number of hydrogen-bond donors (Lipinski definition) is 0. The van der Waals surface area contributed by atoms with Crippen LogP contribution in [0, 0.1) is 11.8 Å². The molecular weight excluding hydrogens is 228 g/mol. The third kappa shape index (κ3) is 3.59. The predicted octanol–water partition coefficient (Wildman–Crippen LogP) is 3.61. The lowest BCUT2D eigenvalue weighted by Gasteiger charge is -2.16. The normalized spacial score (nSPS) is 33.9. The molecule has 1 saturated carbocycles. The van der Waals surface area contributed by atoms with E-state index in [1.165, 1.54) is 25.7 Å². The second-order valence-corrected chi connectivity index (χ2v) is 5.23. The van der Waals surface area contributed by atoms with E-state index < -0.39 is 0 Å². The smallest absolute Gasteiger partial charge is 0.0465 e. The van der Waals surface area contributed by atoms with Crippen molar-refractivity contribution in [2.45, 2.75) is 44.4 Å². The van der Waals surface area contributed by atoms with Gasteiger partial charge in [0.2, 0.25) is 0 Å². The molecule has 3 unspecified atom stereocenters. The number of hydrogen-bond acceptors (Lipinski definition) is 1. The van der Waals surface area contributed by atoms with Crippen LogP contribution in [0.4, 0.5) is 0 Å². The molecular formula is C11H21BrO. The first-order valence-corrected chi connectivity index (χ1v) is 6.39. The molecule has 0 aliphatic heterocycles. The Balaban J connectivity index is 2.08. The summed E-state index contributed by atoms with van der Waals surface area (Å²) in [6.45, 7) is 6.25. The lowest BCUT2D eigenvalue weighted by molar-refractivity contribution is 0.137. The van der Waals surface area contributed by atoms with Crippen LogP contribution in [0.1, 0.15) is 39.5 Å². The Morgan fingerprint density at radius 3 is 2.69 bits per heavy atom. The zero-order valence-electron chi connectivity index (χ0n) is 8.76. The molecule has 0 spiro atoms. The van der Waals surface area contributed by atoms with Crippen LogP contribution in [-0.2, 0) is 4.74 Å². The van der Waals surface area contributed by atoms with Gasteiger partial charge in [-0.25, -0.2) is 0 Å². The fourth-order valence-corrected chi connectivity index (χ4v) is 2.89. The number of alkyl halides is 1. The molecule has 0 amide bonds. The summed E-state index contributed by atoms with van der Waals surface area (Å²) in [6.07, 6.45) is 5.36. The Kier molecular flexibility index (Phi) is 5.34. The van der Waals surface area contributed by atoms with Gasteiger partial charge in [0.1, 0.15) is 0 Å². The quantitative estimate of drug-likeness (QED) is 0.534. The molecule has 0 aromatic heterocycles. The van der Waals surface area contributed by atoms with E-state index in [9.17, 15) is 0 Å². The molecule has 0 bridgehead atoms. The van der Waals surface area contributed by atoms with Crippen molar-refractivity contribution in [1.82, 2.24) is 0 Å². The largest absolute Gasteiger partial charge is 0.382 e. The van der Waals surface area contributed by atoms with Gasteiger partial charge in [-0.15, -0.1) is 0 Å². The minimum absolute atomic E-state index is 0.768. The SMILES string of the molecule is CCOCCCC1CCC(Br)C1C. The lowest BCUT2D eigenvalue weighted by Crippen LogP contribution is -2.11. The third-order valence-electron chi connectivity index (χ3n) is 3.20. The summed E-state index contributed by atoms with van der Waals surface area (Å²) >= 11 is 3.74. The predicted molar refractivity (Wildman–Crippen MR) is 60.3 cm³/mol. The summed E-state index contributed by atoms with van der Waals surface area (Å²) in [5, 5.41) is 0. The van der Waals surface area contributed by atoms with Crippen molar-refractivity contribution in [3.05, 3.63) is 0 Å². The van der Waals surface area contributed by atoms with Crippen LogP contribution in [0.2, 0.25) is 0 Å². The Labute approximate surface area is 90.4 Å². The number of rotatable bonds is 5. The minimum Gasteiger partial charge on any atom is -0.382 e.